The number of aliphatic carboxylic acids is 1. The zero-order chi connectivity index (χ0) is 20.3. The van der Waals surface area contributed by atoms with Gasteiger partial charge in [0, 0.05) is 16.1 Å². The molecule has 1 unspecified atom stereocenters. The van der Waals surface area contributed by atoms with Crippen LogP contribution in [0.25, 0.3) is 17.4 Å². The third kappa shape index (κ3) is 4.71. The van der Waals surface area contributed by atoms with Gasteiger partial charge in [0.2, 0.25) is 0 Å². The van der Waals surface area contributed by atoms with E-state index in [1.54, 1.807) is 12.1 Å². The van der Waals surface area contributed by atoms with Gasteiger partial charge in [-0.15, -0.1) is 0 Å². The average molecular weight is 498 g/mol. The summed E-state index contributed by atoms with van der Waals surface area (Å²) in [6.07, 6.45) is 3.84. The van der Waals surface area contributed by atoms with Crippen LogP contribution in [-0.4, -0.2) is 44.3 Å². The lowest BCUT2D eigenvalue weighted by molar-refractivity contribution is -0.145. The normalized spacial score (nSPS) is 16.8. The monoisotopic (exact) mass is 497 g/mol. The molecule has 1 aromatic heterocycles. The number of hydrogen-bond acceptors (Lipinski definition) is 6. The quantitative estimate of drug-likeness (QED) is 0.420. The van der Waals surface area contributed by atoms with Crippen molar-refractivity contribution < 1.29 is 19.1 Å². The summed E-state index contributed by atoms with van der Waals surface area (Å²) in [5.41, 5.74) is 0.915. The molecule has 0 radical (unpaired) electrons. The van der Waals surface area contributed by atoms with Crippen molar-refractivity contribution in [1.82, 2.24) is 4.90 Å². The van der Waals surface area contributed by atoms with Crippen LogP contribution in [-0.2, 0) is 9.59 Å². The van der Waals surface area contributed by atoms with Gasteiger partial charge in [-0.1, -0.05) is 52.0 Å². The van der Waals surface area contributed by atoms with Crippen molar-refractivity contribution in [2.24, 2.45) is 0 Å². The van der Waals surface area contributed by atoms with E-state index in [1.165, 1.54) is 16.7 Å². The first kappa shape index (κ1) is 21.2. The van der Waals surface area contributed by atoms with Gasteiger partial charge in [0.1, 0.15) is 21.9 Å². The van der Waals surface area contributed by atoms with E-state index in [2.05, 4.69) is 15.9 Å². The molecule has 1 atom stereocenters. The minimum Gasteiger partial charge on any atom is -0.480 e. The second kappa shape index (κ2) is 9.30. The number of amides is 1. The molecule has 9 heteroatoms. The van der Waals surface area contributed by atoms with Crippen molar-refractivity contribution in [3.63, 3.8) is 0 Å². The number of carboxylic acids is 1. The number of thioether (sulfide) groups is 2. The fourth-order valence-electron chi connectivity index (χ4n) is 2.67. The summed E-state index contributed by atoms with van der Waals surface area (Å²) in [5.74, 6) is 0.362. The first-order chi connectivity index (χ1) is 13.4. The lowest BCUT2D eigenvalue weighted by Crippen LogP contribution is -2.44. The molecule has 146 valence electrons. The minimum absolute atomic E-state index is 0.254. The standard InChI is InChI=1S/C19H16BrNO4S3/c1-27-9-8-14(18(23)24)21-17(22)16(28-19(21)26)10-13-6-7-15(25-13)11-2-4-12(20)5-3-11/h2-7,10,14H,8-9H2,1H3,(H,23,24). The maximum Gasteiger partial charge on any atom is 0.326 e. The fourth-order valence-corrected chi connectivity index (χ4v) is 4.73. The number of thiocarbonyl (C=S) groups is 1. The second-order valence-electron chi connectivity index (χ2n) is 5.90. The Balaban J connectivity index is 1.82. The number of furan rings is 1. The van der Waals surface area contributed by atoms with E-state index in [4.69, 9.17) is 16.6 Å². The zero-order valence-corrected chi connectivity index (χ0v) is 18.8. The highest BCUT2D eigenvalue weighted by Crippen LogP contribution is 2.35. The van der Waals surface area contributed by atoms with E-state index in [-0.39, 0.29) is 4.32 Å². The van der Waals surface area contributed by atoms with Crippen molar-refractivity contribution in [2.45, 2.75) is 12.5 Å². The van der Waals surface area contributed by atoms with Crippen LogP contribution in [0.3, 0.4) is 0 Å². The molecule has 2 heterocycles. The van der Waals surface area contributed by atoms with Gasteiger partial charge in [-0.25, -0.2) is 4.79 Å². The first-order valence-corrected chi connectivity index (χ1v) is 11.7. The zero-order valence-electron chi connectivity index (χ0n) is 14.8. The number of nitrogens with zero attached hydrogens (tertiary/aromatic N) is 1. The van der Waals surface area contributed by atoms with Gasteiger partial charge < -0.3 is 9.52 Å². The Labute approximate surface area is 184 Å². The molecule has 1 aromatic carbocycles. The lowest BCUT2D eigenvalue weighted by atomic mass is 10.2. The van der Waals surface area contributed by atoms with E-state index >= 15 is 0 Å². The van der Waals surface area contributed by atoms with E-state index in [0.29, 0.717) is 28.6 Å². The number of carbonyl (C=O) groups is 2. The van der Waals surface area contributed by atoms with E-state index in [9.17, 15) is 14.7 Å². The minimum atomic E-state index is -1.05. The Kier molecular flexibility index (Phi) is 7.03. The summed E-state index contributed by atoms with van der Waals surface area (Å²) >= 11 is 11.3. The molecular formula is C19H16BrNO4S3. The number of benzene rings is 1. The van der Waals surface area contributed by atoms with Crippen LogP contribution in [0.1, 0.15) is 12.2 Å². The lowest BCUT2D eigenvalue weighted by Gasteiger charge is -2.22. The molecule has 0 bridgehead atoms. The number of hydrogen-bond donors (Lipinski definition) is 1. The Morgan fingerprint density at radius 3 is 2.71 bits per heavy atom. The number of halogens is 1. The van der Waals surface area contributed by atoms with Crippen LogP contribution in [0.4, 0.5) is 0 Å². The smallest absolute Gasteiger partial charge is 0.326 e. The molecule has 2 aromatic rings. The topological polar surface area (TPSA) is 70.8 Å². The maximum atomic E-state index is 12.8. The molecule has 1 fully saturated rings. The summed E-state index contributed by atoms with van der Waals surface area (Å²) in [7, 11) is 0. The van der Waals surface area contributed by atoms with Crippen molar-refractivity contribution in [3.8, 4) is 11.3 Å². The molecule has 0 aliphatic carbocycles. The molecular weight excluding hydrogens is 482 g/mol. The highest BCUT2D eigenvalue weighted by Gasteiger charge is 2.40. The average Bonchev–Trinajstić information content (AvgIpc) is 3.22. The molecule has 1 aliphatic rings. The molecule has 1 N–H and O–H groups in total. The van der Waals surface area contributed by atoms with Crippen LogP contribution in [0.5, 0.6) is 0 Å². The molecule has 1 amide bonds. The summed E-state index contributed by atoms with van der Waals surface area (Å²) < 4.78 is 7.05. The van der Waals surface area contributed by atoms with Crippen LogP contribution in [0.15, 0.2) is 50.2 Å². The fraction of sp³-hybridized carbons (Fsp3) is 0.211. The Hall–Kier alpha value is -1.55. The number of carbonyl (C=O) groups excluding carboxylic acids is 1. The summed E-state index contributed by atoms with van der Waals surface area (Å²) in [5, 5.41) is 9.51. The molecule has 1 saturated heterocycles. The van der Waals surface area contributed by atoms with Crippen molar-refractivity contribution >= 4 is 73.9 Å². The number of rotatable bonds is 7. The Bertz CT molecular complexity index is 939. The predicted molar refractivity (Wildman–Crippen MR) is 121 cm³/mol. The third-order valence-corrected chi connectivity index (χ3v) is 6.55. The highest BCUT2D eigenvalue weighted by molar-refractivity contribution is 9.10. The van der Waals surface area contributed by atoms with Crippen LogP contribution in [0.2, 0.25) is 0 Å². The maximum absolute atomic E-state index is 12.8. The molecule has 0 saturated carbocycles. The molecule has 28 heavy (non-hydrogen) atoms. The van der Waals surface area contributed by atoms with E-state index in [1.807, 2.05) is 36.6 Å². The van der Waals surface area contributed by atoms with Gasteiger partial charge in [0.15, 0.2) is 0 Å². The molecule has 3 rings (SSSR count). The van der Waals surface area contributed by atoms with Crippen LogP contribution < -0.4 is 0 Å². The SMILES string of the molecule is CSCCC(C(=O)O)N1C(=O)C(=Cc2ccc(-c3ccc(Br)cc3)o2)SC1=S. The van der Waals surface area contributed by atoms with Gasteiger partial charge in [-0.3, -0.25) is 9.69 Å². The summed E-state index contributed by atoms with van der Waals surface area (Å²) in [6, 6.07) is 10.3. The summed E-state index contributed by atoms with van der Waals surface area (Å²) in [4.78, 5) is 26.0. The molecule has 1 aliphatic heterocycles. The van der Waals surface area contributed by atoms with Crippen molar-refractivity contribution in [2.75, 3.05) is 12.0 Å². The van der Waals surface area contributed by atoms with Gasteiger partial charge in [-0.05, 0) is 42.7 Å². The molecule has 0 spiro atoms. The van der Waals surface area contributed by atoms with Gasteiger partial charge in [0.05, 0.1) is 4.91 Å². The van der Waals surface area contributed by atoms with Crippen molar-refractivity contribution in [3.05, 3.63) is 51.5 Å². The van der Waals surface area contributed by atoms with Crippen molar-refractivity contribution in [1.29, 1.82) is 0 Å². The second-order valence-corrected chi connectivity index (χ2v) is 9.47. The van der Waals surface area contributed by atoms with Crippen LogP contribution in [0, 0.1) is 0 Å². The Morgan fingerprint density at radius 1 is 1.36 bits per heavy atom. The largest absolute Gasteiger partial charge is 0.480 e. The van der Waals surface area contributed by atoms with Gasteiger partial charge >= 0.3 is 5.97 Å². The first-order valence-electron chi connectivity index (χ1n) is 8.25. The molecule has 5 nitrogen and oxygen atoms in total. The van der Waals surface area contributed by atoms with Crippen LogP contribution >= 0.6 is 51.7 Å². The Morgan fingerprint density at radius 2 is 2.07 bits per heavy atom. The van der Waals surface area contributed by atoms with E-state index < -0.39 is 17.9 Å². The van der Waals surface area contributed by atoms with E-state index in [0.717, 1.165) is 21.8 Å². The highest BCUT2D eigenvalue weighted by atomic mass is 79.9. The third-order valence-electron chi connectivity index (χ3n) is 4.04. The van der Waals surface area contributed by atoms with Gasteiger partial charge in [-0.2, -0.15) is 11.8 Å². The summed E-state index contributed by atoms with van der Waals surface area (Å²) in [6.45, 7) is 0. The predicted octanol–water partition coefficient (Wildman–Crippen LogP) is 5.12. The van der Waals surface area contributed by atoms with Gasteiger partial charge in [0.25, 0.3) is 5.91 Å². The number of carboxylic acid groups (broad SMARTS) is 1.